The van der Waals surface area contributed by atoms with Crippen molar-refractivity contribution in [2.24, 2.45) is 168 Å². The molecule has 0 N–H and O–H groups in total. The molecular formula is C122H198O20. The van der Waals surface area contributed by atoms with E-state index < -0.39 is 43.9 Å². The molecule has 20 heteroatoms. The number of hydrogen-bond acceptors (Lipinski definition) is 20. The summed E-state index contributed by atoms with van der Waals surface area (Å²) in [5, 5.41) is 0. The molecule has 20 rings (SSSR count). The molecule has 0 aromatic rings. The van der Waals surface area contributed by atoms with Crippen molar-refractivity contribution >= 4 is 59.7 Å². The van der Waals surface area contributed by atoms with Crippen molar-refractivity contribution in [2.45, 2.75) is 540 Å². The van der Waals surface area contributed by atoms with Crippen LogP contribution < -0.4 is 0 Å². The molecule has 24 unspecified atom stereocenters. The van der Waals surface area contributed by atoms with Gasteiger partial charge in [-0.2, -0.15) is 0 Å². The van der Waals surface area contributed by atoms with Crippen molar-refractivity contribution in [3.8, 4) is 0 Å². The molecule has 20 nitrogen and oxygen atoms in total. The van der Waals surface area contributed by atoms with Crippen molar-refractivity contribution in [3.05, 3.63) is 0 Å². The number of rotatable bonds is 29. The summed E-state index contributed by atoms with van der Waals surface area (Å²) in [7, 11) is 0. The molecule has 142 heavy (non-hydrogen) atoms. The maximum absolute atomic E-state index is 14.2. The Labute approximate surface area is 858 Å². The predicted molar refractivity (Wildman–Crippen MR) is 551 cm³/mol. The van der Waals surface area contributed by atoms with E-state index in [9.17, 15) is 47.9 Å². The Hall–Kier alpha value is -5.30. The maximum atomic E-state index is 14.2. The zero-order valence-electron chi connectivity index (χ0n) is 94.1. The third-order valence-corrected chi connectivity index (χ3v) is 43.5. The minimum Gasteiger partial charge on any atom is -0.462 e. The summed E-state index contributed by atoms with van der Waals surface area (Å²) >= 11 is 0. The molecule has 0 amide bonds. The average molecular weight is 1980 g/mol. The molecule has 0 heterocycles. The smallest absolute Gasteiger partial charge is 0.312 e. The molecule has 20 saturated carbocycles. The van der Waals surface area contributed by atoms with Gasteiger partial charge in [-0.25, -0.2) is 0 Å². The molecule has 20 fully saturated rings. The molecule has 806 valence electrons. The summed E-state index contributed by atoms with van der Waals surface area (Å²) in [6.45, 7) is 54.6. The van der Waals surface area contributed by atoms with Crippen molar-refractivity contribution in [2.75, 3.05) is 0 Å². The van der Waals surface area contributed by atoms with Gasteiger partial charge in [0.05, 0.1) is 57.7 Å². The molecule has 0 spiro atoms. The van der Waals surface area contributed by atoms with Crippen molar-refractivity contribution in [1.29, 1.82) is 0 Å². The lowest BCUT2D eigenvalue weighted by atomic mass is 9.45. The van der Waals surface area contributed by atoms with Gasteiger partial charge in [0.1, 0.15) is 57.5 Å². The second-order valence-electron chi connectivity index (χ2n) is 56.6. The minimum absolute atomic E-state index is 0.0199. The number of fused-ring (bicyclic) bond motifs is 20. The second-order valence-corrected chi connectivity index (χ2v) is 56.6. The van der Waals surface area contributed by atoms with E-state index in [2.05, 4.69) is 34.6 Å². The molecule has 20 aliphatic carbocycles. The fourth-order valence-electron chi connectivity index (χ4n) is 32.4. The number of carbonyl (C=O) groups excluding carboxylic acids is 10. The summed E-state index contributed by atoms with van der Waals surface area (Å²) in [5.41, 5.74) is -5.54. The van der Waals surface area contributed by atoms with Gasteiger partial charge in [-0.15, -0.1) is 0 Å². The zero-order chi connectivity index (χ0) is 104. The third kappa shape index (κ3) is 23.6. The molecule has 24 atom stereocenters. The van der Waals surface area contributed by atoms with Crippen LogP contribution in [0.25, 0.3) is 0 Å². The Balaban J connectivity index is 0.000000142. The highest BCUT2D eigenvalue weighted by molar-refractivity contribution is 5.81. The first-order valence-corrected chi connectivity index (χ1v) is 58.6. The summed E-state index contributed by atoms with van der Waals surface area (Å²) in [4.78, 5) is 129. The minimum atomic E-state index is -0.651. The summed E-state index contributed by atoms with van der Waals surface area (Å²) < 4.78 is 60.7. The van der Waals surface area contributed by atoms with Crippen LogP contribution in [0.2, 0.25) is 0 Å². The highest BCUT2D eigenvalue weighted by Crippen LogP contribution is 2.73. The molecule has 20 aliphatic rings. The third-order valence-electron chi connectivity index (χ3n) is 43.5. The standard InChI is InChI=1S/C31H50O4.2C24H38O4.C22H38O4.C21H34O4/c1-8-28(5,6)27(33)34-25-18-30(19(3)4)11-10-29(25,7)17-24(30)26(32)35-31(9-2)22-13-20-12-21(15-22)16-23(31)14-20;1-7-23(5,6)21(26)28-24(13-18(25)27-22(2,3)4)12-16-11-17(24)20-15-9-8-14(10-15)19(16)20;1-5-23(2,3)22(26)27-19-14-15-13-18(19)16-9-10-17(20(15)16)21(25)28-24(4)11-7-6-8-12-24;1-7-21(3,4)20(24)25-18-12-11-15-13-17(10-9-16(15)14-18)19(23)26-22(5,6)8-2;1-5-19(2,3)18(23)25-21(13-15-8-9-16(21)12-15)14-17(22)24-20(4)10-6-7-11-20/h19-25H,8-18H2,1-7H3;14-17,19-20H,7-13H2,1-6H3;15-20H,5-14H2,1-4H3;15-18H,7-14H2,1-6H3;15-16H,5-14H2,1-4H3. The highest BCUT2D eigenvalue weighted by Gasteiger charge is 2.71. The Kier molecular flexibility index (Phi) is 33.9. The quantitative estimate of drug-likeness (QED) is 0.0383. The van der Waals surface area contributed by atoms with Crippen LogP contribution in [0.4, 0.5) is 0 Å². The first kappa shape index (κ1) is 112. The predicted octanol–water partition coefficient (Wildman–Crippen LogP) is 27.8. The van der Waals surface area contributed by atoms with Crippen molar-refractivity contribution in [1.82, 2.24) is 0 Å². The summed E-state index contributed by atoms with van der Waals surface area (Å²) in [6, 6.07) is 0. The Morgan fingerprint density at radius 2 is 0.873 bits per heavy atom. The van der Waals surface area contributed by atoms with Gasteiger partial charge >= 0.3 is 59.7 Å². The van der Waals surface area contributed by atoms with Gasteiger partial charge in [0.2, 0.25) is 0 Å². The van der Waals surface area contributed by atoms with E-state index in [4.69, 9.17) is 47.4 Å². The number of hydrogen-bond donors (Lipinski definition) is 0. The van der Waals surface area contributed by atoms with Gasteiger partial charge in [0.15, 0.2) is 0 Å². The monoisotopic (exact) mass is 1980 g/mol. The largest absolute Gasteiger partial charge is 0.462 e. The summed E-state index contributed by atoms with van der Waals surface area (Å²) in [6.07, 6.45) is 46.1. The Bertz CT molecular complexity index is 4420. The molecule has 0 aromatic carbocycles. The first-order valence-electron chi connectivity index (χ1n) is 58.6. The SMILES string of the molecule is CCC(C)(C)C(=O)OC1(CC(=O)OC(C)(C)C)CC2CC1C1C3CCC(C3)C21.CCC(C)(C)C(=O)OC1(CC(=O)OC2(C)CCCC2)CC2CCC1C2.CCC(C)(C)C(=O)OC1CC2(C(C)C)CCC1(C)CC2C(=O)OC1(CC)C2CC3CC(C2)CC1C3.CCC(C)(C)C(=O)OC1CC2CC1C1CCC(C(=O)OC3(C)CCCCC3)C21.CCC(C)(C)OC(=O)C1CCC2CC(OC(=O)C(C)(C)CC)CCC2C1. The van der Waals surface area contributed by atoms with Crippen molar-refractivity contribution < 1.29 is 95.3 Å². The molecule has 14 bridgehead atoms. The first-order chi connectivity index (χ1) is 66.3. The highest BCUT2D eigenvalue weighted by atomic mass is 16.6. The maximum Gasteiger partial charge on any atom is 0.312 e. The normalized spacial score (nSPS) is 38.5. The molecule has 0 aliphatic heterocycles. The van der Waals surface area contributed by atoms with Gasteiger partial charge in [0, 0.05) is 11.3 Å². The fraction of sp³-hybridized carbons (Fsp3) is 0.918. The van der Waals surface area contributed by atoms with Crippen LogP contribution in [-0.2, 0) is 95.3 Å². The van der Waals surface area contributed by atoms with E-state index in [1.807, 2.05) is 152 Å². The Morgan fingerprint density at radius 1 is 0.352 bits per heavy atom. The van der Waals surface area contributed by atoms with Crippen LogP contribution in [0.5, 0.6) is 0 Å². The molecule has 0 radical (unpaired) electrons. The van der Waals surface area contributed by atoms with Gasteiger partial charge in [-0.05, 0) is 506 Å². The van der Waals surface area contributed by atoms with Crippen LogP contribution in [-0.4, -0.2) is 117 Å². The van der Waals surface area contributed by atoms with Crippen LogP contribution in [0, 0.1) is 168 Å². The van der Waals surface area contributed by atoms with Crippen LogP contribution >= 0.6 is 0 Å². The van der Waals surface area contributed by atoms with Gasteiger partial charge in [-0.1, -0.05) is 75.7 Å². The molecule has 0 aromatic heterocycles. The van der Waals surface area contributed by atoms with Crippen LogP contribution in [0.1, 0.15) is 482 Å². The van der Waals surface area contributed by atoms with E-state index in [1.165, 1.54) is 77.0 Å². The van der Waals surface area contributed by atoms with Gasteiger partial charge < -0.3 is 47.4 Å². The lowest BCUT2D eigenvalue weighted by molar-refractivity contribution is -0.235. The second kappa shape index (κ2) is 42.9. The Morgan fingerprint density at radius 3 is 1.42 bits per heavy atom. The topological polar surface area (TPSA) is 263 Å². The number of carbonyl (C=O) groups is 10. The summed E-state index contributed by atoms with van der Waals surface area (Å²) in [5.74, 6) is 10.5. The molecular weight excluding hydrogens is 1790 g/mol. The van der Waals surface area contributed by atoms with E-state index in [1.54, 1.807) is 0 Å². The van der Waals surface area contributed by atoms with Crippen LogP contribution in [0.15, 0.2) is 0 Å². The lowest BCUT2D eigenvalue weighted by Gasteiger charge is -2.63. The number of esters is 10. The molecule has 0 saturated heterocycles. The van der Waals surface area contributed by atoms with E-state index in [0.717, 1.165) is 235 Å². The van der Waals surface area contributed by atoms with Crippen LogP contribution in [0.3, 0.4) is 0 Å². The zero-order valence-corrected chi connectivity index (χ0v) is 94.1. The van der Waals surface area contributed by atoms with Gasteiger partial charge in [0.25, 0.3) is 0 Å². The van der Waals surface area contributed by atoms with Gasteiger partial charge in [-0.3, -0.25) is 47.9 Å². The van der Waals surface area contributed by atoms with E-state index in [-0.39, 0.29) is 142 Å². The van der Waals surface area contributed by atoms with E-state index >= 15 is 0 Å². The average Bonchev–Trinajstić information content (AvgIpc) is 1.43. The lowest BCUT2D eigenvalue weighted by Crippen LogP contribution is -2.63. The fourth-order valence-corrected chi connectivity index (χ4v) is 32.4. The number of ether oxygens (including phenoxy) is 10. The van der Waals surface area contributed by atoms with Crippen molar-refractivity contribution in [3.63, 3.8) is 0 Å². The van der Waals surface area contributed by atoms with E-state index in [0.29, 0.717) is 82.9 Å².